The number of carbonyl (C=O) groups excluding carboxylic acids is 3. The van der Waals surface area contributed by atoms with E-state index < -0.39 is 11.9 Å². The molecule has 4 aromatic rings. The molecule has 7 unspecified atom stereocenters. The summed E-state index contributed by atoms with van der Waals surface area (Å²) in [5, 5.41) is 14.7. The Balaban J connectivity index is 1.13. The molecule has 4 aliphatic rings. The largest absolute Gasteiger partial charge is 0.478 e. The van der Waals surface area contributed by atoms with Crippen molar-refractivity contribution in [3.8, 4) is 0 Å². The minimum absolute atomic E-state index is 0.0115. The number of imide groups is 1. The van der Waals surface area contributed by atoms with Crippen LogP contribution in [0.1, 0.15) is 38.0 Å². The van der Waals surface area contributed by atoms with Crippen LogP contribution in [0.25, 0.3) is 0 Å². The fraction of sp³-hybridized carbons (Fsp3) is 0.303. The molecule has 1 saturated heterocycles. The van der Waals surface area contributed by atoms with E-state index >= 15 is 0 Å². The lowest BCUT2D eigenvalue weighted by Crippen LogP contribution is -2.43. The third-order valence-electron chi connectivity index (χ3n) is 9.81. The number of carboxylic acid groups (broad SMARTS) is 1. The highest BCUT2D eigenvalue weighted by molar-refractivity contribution is 8.00. The van der Waals surface area contributed by atoms with Gasteiger partial charge in [-0.05, 0) is 78.9 Å². The van der Waals surface area contributed by atoms with E-state index in [1.54, 1.807) is 23.1 Å². The molecule has 4 heterocycles. The number of anilines is 2. The molecule has 2 bridgehead atoms. The lowest BCUT2D eigenvalue weighted by molar-refractivity contribution is -0.123. The van der Waals surface area contributed by atoms with Gasteiger partial charge >= 0.3 is 10.8 Å². The van der Waals surface area contributed by atoms with Crippen molar-refractivity contribution < 1.29 is 24.3 Å². The molecule has 2 saturated carbocycles. The summed E-state index contributed by atoms with van der Waals surface area (Å²) < 4.78 is 1.53. The van der Waals surface area contributed by atoms with Crippen molar-refractivity contribution >= 4 is 69.5 Å². The molecule has 12 heteroatoms. The van der Waals surface area contributed by atoms with E-state index in [0.29, 0.717) is 11.4 Å². The number of carbonyl (C=O) groups is 4. The summed E-state index contributed by atoms with van der Waals surface area (Å²) >= 11 is 4.39. The maximum Gasteiger partial charge on any atom is 0.335 e. The van der Waals surface area contributed by atoms with Gasteiger partial charge in [0.25, 0.3) is 0 Å². The number of aromatic nitrogens is 1. The van der Waals surface area contributed by atoms with E-state index in [9.17, 15) is 24.0 Å². The van der Waals surface area contributed by atoms with Gasteiger partial charge < -0.3 is 10.4 Å². The van der Waals surface area contributed by atoms with Gasteiger partial charge in [-0.3, -0.25) is 28.6 Å². The van der Waals surface area contributed by atoms with Crippen molar-refractivity contribution in [2.75, 3.05) is 10.2 Å². The lowest BCUT2D eigenvalue weighted by Gasteiger charge is -2.42. The molecule has 2 aromatic carbocycles. The van der Waals surface area contributed by atoms with Crippen LogP contribution in [-0.4, -0.2) is 38.6 Å². The highest BCUT2D eigenvalue weighted by atomic mass is 32.2. The Bertz CT molecular complexity index is 1930. The third kappa shape index (κ3) is 4.37. The van der Waals surface area contributed by atoms with Gasteiger partial charge in [0.2, 0.25) is 17.7 Å². The van der Waals surface area contributed by atoms with Gasteiger partial charge in [-0.2, -0.15) is 0 Å². The van der Waals surface area contributed by atoms with Gasteiger partial charge in [-0.25, -0.2) is 4.79 Å². The number of aromatic carboxylic acids is 1. The van der Waals surface area contributed by atoms with Crippen LogP contribution in [0.15, 0.2) is 75.9 Å². The Kier molecular flexibility index (Phi) is 6.66. The predicted molar refractivity (Wildman–Crippen MR) is 172 cm³/mol. The maximum atomic E-state index is 13.9. The van der Waals surface area contributed by atoms with Crippen molar-refractivity contribution in [1.29, 1.82) is 0 Å². The van der Waals surface area contributed by atoms with Crippen LogP contribution < -0.4 is 15.1 Å². The van der Waals surface area contributed by atoms with Crippen molar-refractivity contribution in [3.05, 3.63) is 96.6 Å². The molecule has 2 aliphatic carbocycles. The topological polar surface area (TPSA) is 126 Å². The fourth-order valence-corrected chi connectivity index (χ4v) is 12.1. The first-order valence-corrected chi connectivity index (χ1v) is 17.3. The number of aryl methyl sites for hydroxylation is 1. The van der Waals surface area contributed by atoms with Crippen molar-refractivity contribution in [3.63, 3.8) is 0 Å². The molecule has 45 heavy (non-hydrogen) atoms. The Hall–Kier alpha value is -4.00. The SMILES string of the molecule is Cc1ccc(N2C(=O)C3C4CC(C3C2=O)C2C(c3cccs3)c3sc(=O)n(CC(=O)Nc5ccc(C(=O)O)cc5)c3SC42)cc1. The highest BCUT2D eigenvalue weighted by Crippen LogP contribution is 2.69. The van der Waals surface area contributed by atoms with E-state index in [-0.39, 0.29) is 69.6 Å². The first-order chi connectivity index (χ1) is 21.7. The second kappa shape index (κ2) is 10.5. The normalized spacial score (nSPS) is 27.8. The summed E-state index contributed by atoms with van der Waals surface area (Å²) in [6.45, 7) is 1.78. The molecule has 2 aliphatic heterocycles. The Morgan fingerprint density at radius 1 is 0.956 bits per heavy atom. The Morgan fingerprint density at radius 2 is 1.67 bits per heavy atom. The minimum atomic E-state index is -1.06. The summed E-state index contributed by atoms with van der Waals surface area (Å²) in [4.78, 5) is 68.9. The summed E-state index contributed by atoms with van der Waals surface area (Å²) in [6.07, 6.45) is 0.796. The molecular formula is C33H27N3O6S3. The minimum Gasteiger partial charge on any atom is -0.478 e. The van der Waals surface area contributed by atoms with Gasteiger partial charge in [0.05, 0.1) is 28.1 Å². The third-order valence-corrected chi connectivity index (χ3v) is 13.6. The number of hydrogen-bond acceptors (Lipinski definition) is 8. The van der Waals surface area contributed by atoms with Crippen molar-refractivity contribution in [2.24, 2.45) is 29.6 Å². The Labute approximate surface area is 269 Å². The molecule has 2 N–H and O–H groups in total. The van der Waals surface area contributed by atoms with E-state index in [0.717, 1.165) is 38.1 Å². The number of amides is 3. The monoisotopic (exact) mass is 657 g/mol. The standard InChI is InChI=1S/C33H27N3O6S3/c1-15-4-10-18(11-5-15)36-29(38)24-19-13-20(25(24)30(36)39)27-23(19)26(21-3-2-12-43-21)28-31(44-27)35(33(42)45-28)14-22(37)34-17-8-6-16(7-9-17)32(40)41/h2-12,19-20,23-27H,13-14H2,1H3,(H,34,37)(H,40,41). The van der Waals surface area contributed by atoms with Gasteiger partial charge in [-0.15, -0.1) is 23.1 Å². The van der Waals surface area contributed by atoms with Crippen molar-refractivity contribution in [1.82, 2.24) is 4.57 Å². The fourth-order valence-electron chi connectivity index (χ4n) is 8.03. The summed E-state index contributed by atoms with van der Waals surface area (Å²) in [5.74, 6) is -2.44. The first kappa shape index (κ1) is 28.5. The second-order valence-electron chi connectivity index (χ2n) is 12.2. The molecule has 3 fully saturated rings. The molecule has 7 atom stereocenters. The van der Waals surface area contributed by atoms with Crippen LogP contribution in [0.3, 0.4) is 0 Å². The van der Waals surface area contributed by atoms with Gasteiger partial charge in [-0.1, -0.05) is 35.1 Å². The number of thioether (sulfide) groups is 1. The van der Waals surface area contributed by atoms with E-state index in [1.165, 1.54) is 33.7 Å². The number of nitrogens with one attached hydrogen (secondary N) is 1. The maximum absolute atomic E-state index is 13.9. The molecule has 0 radical (unpaired) electrons. The van der Waals surface area contributed by atoms with Crippen LogP contribution in [0.5, 0.6) is 0 Å². The number of hydrogen-bond donors (Lipinski definition) is 2. The molecule has 228 valence electrons. The zero-order valence-corrected chi connectivity index (χ0v) is 26.4. The van der Waals surface area contributed by atoms with Crippen LogP contribution in [0.4, 0.5) is 11.4 Å². The lowest BCUT2D eigenvalue weighted by atomic mass is 9.69. The zero-order valence-electron chi connectivity index (χ0n) is 23.9. The van der Waals surface area contributed by atoms with Crippen LogP contribution in [0.2, 0.25) is 0 Å². The van der Waals surface area contributed by atoms with E-state index in [4.69, 9.17) is 5.11 Å². The number of carboxylic acids is 1. The summed E-state index contributed by atoms with van der Waals surface area (Å²) in [5.41, 5.74) is 2.22. The number of fused-ring (bicyclic) bond motifs is 9. The number of thiazole rings is 1. The zero-order chi connectivity index (χ0) is 31.1. The van der Waals surface area contributed by atoms with E-state index in [1.807, 2.05) is 42.6 Å². The first-order valence-electron chi connectivity index (χ1n) is 14.7. The number of rotatable bonds is 6. The number of benzene rings is 2. The predicted octanol–water partition coefficient (Wildman–Crippen LogP) is 5.29. The Morgan fingerprint density at radius 3 is 2.33 bits per heavy atom. The number of thiophene rings is 1. The van der Waals surface area contributed by atoms with E-state index in [2.05, 4.69) is 11.4 Å². The van der Waals surface area contributed by atoms with Gasteiger partial charge in [0.1, 0.15) is 6.54 Å². The number of nitrogens with zero attached hydrogens (tertiary/aromatic N) is 2. The summed E-state index contributed by atoms with van der Waals surface area (Å²) in [6, 6.07) is 17.5. The molecule has 9 nitrogen and oxygen atoms in total. The van der Waals surface area contributed by atoms with Crippen molar-refractivity contribution in [2.45, 2.75) is 36.1 Å². The quantitative estimate of drug-likeness (QED) is 0.270. The molecule has 0 spiro atoms. The molecule has 8 rings (SSSR count). The molecular weight excluding hydrogens is 631 g/mol. The van der Waals surface area contributed by atoms with Gasteiger partial charge in [0.15, 0.2) is 0 Å². The molecule has 2 aromatic heterocycles. The smallest absolute Gasteiger partial charge is 0.335 e. The van der Waals surface area contributed by atoms with Gasteiger partial charge in [0, 0.05) is 26.6 Å². The summed E-state index contributed by atoms with van der Waals surface area (Å²) in [7, 11) is 0. The second-order valence-corrected chi connectivity index (χ2v) is 15.3. The average molecular weight is 658 g/mol. The highest BCUT2D eigenvalue weighted by Gasteiger charge is 2.70. The molecule has 3 amide bonds. The van der Waals surface area contributed by atoms with Crippen LogP contribution in [0, 0.1) is 36.5 Å². The average Bonchev–Trinajstić information content (AvgIpc) is 3.84. The van der Waals surface area contributed by atoms with Crippen LogP contribution >= 0.6 is 34.4 Å². The van der Waals surface area contributed by atoms with Crippen LogP contribution in [-0.2, 0) is 20.9 Å².